The van der Waals surface area contributed by atoms with Crippen LogP contribution in [0.15, 0.2) is 59.1 Å². The molecular formula is C19H14F2N2O4. The van der Waals surface area contributed by atoms with Crippen molar-refractivity contribution in [1.29, 1.82) is 0 Å². The zero-order valence-corrected chi connectivity index (χ0v) is 13.9. The van der Waals surface area contributed by atoms with Gasteiger partial charge in [0, 0.05) is 17.7 Å². The SMILES string of the molecule is O=C(CNC(=O)c1ccccc1)OCc1cc(-c2ccc(F)cc2F)on1. The maximum Gasteiger partial charge on any atom is 0.325 e. The van der Waals surface area contributed by atoms with Gasteiger partial charge in [0.1, 0.15) is 30.5 Å². The minimum atomic E-state index is -0.793. The van der Waals surface area contributed by atoms with Gasteiger partial charge in [0.15, 0.2) is 5.76 Å². The van der Waals surface area contributed by atoms with Gasteiger partial charge in [-0.25, -0.2) is 8.78 Å². The molecule has 0 aliphatic carbocycles. The van der Waals surface area contributed by atoms with Gasteiger partial charge in [0.2, 0.25) is 0 Å². The molecule has 0 unspecified atom stereocenters. The van der Waals surface area contributed by atoms with Crippen molar-refractivity contribution in [2.45, 2.75) is 6.61 Å². The van der Waals surface area contributed by atoms with E-state index < -0.39 is 23.5 Å². The number of nitrogens with one attached hydrogen (secondary N) is 1. The Hall–Kier alpha value is -3.55. The van der Waals surface area contributed by atoms with Crippen LogP contribution in [0.3, 0.4) is 0 Å². The Kier molecular flexibility index (Phi) is 5.55. The number of hydrogen-bond donors (Lipinski definition) is 1. The van der Waals surface area contributed by atoms with Crippen molar-refractivity contribution in [1.82, 2.24) is 10.5 Å². The first kappa shape index (κ1) is 18.2. The van der Waals surface area contributed by atoms with Gasteiger partial charge >= 0.3 is 5.97 Å². The second kappa shape index (κ2) is 8.22. The molecule has 3 aromatic rings. The van der Waals surface area contributed by atoms with Crippen molar-refractivity contribution in [2.24, 2.45) is 0 Å². The fourth-order valence-corrected chi connectivity index (χ4v) is 2.25. The largest absolute Gasteiger partial charge is 0.458 e. The van der Waals surface area contributed by atoms with Gasteiger partial charge in [-0.3, -0.25) is 9.59 Å². The van der Waals surface area contributed by atoms with Crippen LogP contribution in [0, 0.1) is 11.6 Å². The third-order valence-corrected chi connectivity index (χ3v) is 3.57. The third-order valence-electron chi connectivity index (χ3n) is 3.57. The highest BCUT2D eigenvalue weighted by atomic mass is 19.1. The molecule has 0 atom stereocenters. The van der Waals surface area contributed by atoms with Crippen LogP contribution in [0.25, 0.3) is 11.3 Å². The molecule has 1 heterocycles. The molecule has 1 N–H and O–H groups in total. The maximum atomic E-state index is 13.7. The van der Waals surface area contributed by atoms with Gasteiger partial charge in [-0.15, -0.1) is 0 Å². The zero-order valence-electron chi connectivity index (χ0n) is 13.9. The molecule has 0 saturated carbocycles. The van der Waals surface area contributed by atoms with Crippen LogP contribution < -0.4 is 5.32 Å². The summed E-state index contributed by atoms with van der Waals surface area (Å²) in [5, 5.41) is 6.11. The predicted molar refractivity (Wildman–Crippen MR) is 90.4 cm³/mol. The summed E-state index contributed by atoms with van der Waals surface area (Å²) in [5.41, 5.74) is 0.709. The zero-order chi connectivity index (χ0) is 19.2. The summed E-state index contributed by atoms with van der Waals surface area (Å²) in [5.74, 6) is -2.49. The molecule has 0 fully saturated rings. The quantitative estimate of drug-likeness (QED) is 0.673. The van der Waals surface area contributed by atoms with Crippen LogP contribution in [0.2, 0.25) is 0 Å². The molecule has 0 aliphatic rings. The summed E-state index contributed by atoms with van der Waals surface area (Å²) in [6.07, 6.45) is 0. The Morgan fingerprint density at radius 3 is 2.59 bits per heavy atom. The first-order valence-electron chi connectivity index (χ1n) is 7.93. The van der Waals surface area contributed by atoms with E-state index in [0.29, 0.717) is 5.56 Å². The van der Waals surface area contributed by atoms with Gasteiger partial charge < -0.3 is 14.6 Å². The standard InChI is InChI=1S/C19H14F2N2O4/c20-13-6-7-15(16(21)8-13)17-9-14(23-27-17)11-26-18(24)10-22-19(25)12-4-2-1-3-5-12/h1-9H,10-11H2,(H,22,25). The highest BCUT2D eigenvalue weighted by Gasteiger charge is 2.14. The fraction of sp³-hybridized carbons (Fsp3) is 0.105. The summed E-state index contributed by atoms with van der Waals surface area (Å²) in [7, 11) is 0. The minimum Gasteiger partial charge on any atom is -0.458 e. The molecule has 1 aromatic heterocycles. The maximum absolute atomic E-state index is 13.7. The Morgan fingerprint density at radius 2 is 1.85 bits per heavy atom. The first-order valence-corrected chi connectivity index (χ1v) is 7.93. The number of amides is 1. The van der Waals surface area contributed by atoms with E-state index in [2.05, 4.69) is 10.5 Å². The molecule has 138 valence electrons. The Balaban J connectivity index is 1.51. The predicted octanol–water partition coefficient (Wildman–Crippen LogP) is 3.09. The van der Waals surface area contributed by atoms with Gasteiger partial charge in [-0.05, 0) is 24.3 Å². The molecule has 1 amide bonds. The summed E-state index contributed by atoms with van der Waals surface area (Å²) in [4.78, 5) is 23.6. The number of aromatic nitrogens is 1. The van der Waals surface area contributed by atoms with Crippen molar-refractivity contribution in [3.05, 3.63) is 77.5 Å². The van der Waals surface area contributed by atoms with Gasteiger partial charge in [0.25, 0.3) is 5.91 Å². The lowest BCUT2D eigenvalue weighted by Gasteiger charge is -2.05. The lowest BCUT2D eigenvalue weighted by molar-refractivity contribution is -0.143. The molecule has 2 aromatic carbocycles. The number of nitrogens with zero attached hydrogens (tertiary/aromatic N) is 1. The molecule has 8 heteroatoms. The van der Waals surface area contributed by atoms with Gasteiger partial charge in [-0.1, -0.05) is 23.4 Å². The van der Waals surface area contributed by atoms with E-state index in [1.807, 2.05) is 0 Å². The fourth-order valence-electron chi connectivity index (χ4n) is 2.25. The number of benzene rings is 2. The molecule has 0 saturated heterocycles. The number of hydrogen-bond acceptors (Lipinski definition) is 5. The smallest absolute Gasteiger partial charge is 0.325 e. The van der Waals surface area contributed by atoms with E-state index in [1.165, 1.54) is 12.1 Å². The van der Waals surface area contributed by atoms with Gasteiger partial charge in [-0.2, -0.15) is 0 Å². The second-order valence-electron chi connectivity index (χ2n) is 5.52. The third kappa shape index (κ3) is 4.75. The average molecular weight is 372 g/mol. The van der Waals surface area contributed by atoms with Crippen LogP contribution in [0.1, 0.15) is 16.1 Å². The van der Waals surface area contributed by atoms with E-state index in [0.717, 1.165) is 12.1 Å². The molecule has 27 heavy (non-hydrogen) atoms. The average Bonchev–Trinajstić information content (AvgIpc) is 3.14. The molecular weight excluding hydrogens is 358 g/mol. The molecule has 0 bridgehead atoms. The summed E-state index contributed by atoms with van der Waals surface area (Å²) in [6, 6.07) is 12.8. The van der Waals surface area contributed by atoms with Crippen LogP contribution in [0.5, 0.6) is 0 Å². The van der Waals surface area contributed by atoms with Crippen LogP contribution in [0.4, 0.5) is 8.78 Å². The molecule has 0 spiro atoms. The summed E-state index contributed by atoms with van der Waals surface area (Å²) in [6.45, 7) is -0.530. The van der Waals surface area contributed by atoms with Crippen LogP contribution in [-0.2, 0) is 16.1 Å². The van der Waals surface area contributed by atoms with Crippen molar-refractivity contribution in [3.63, 3.8) is 0 Å². The van der Waals surface area contributed by atoms with E-state index in [9.17, 15) is 18.4 Å². The summed E-state index contributed by atoms with van der Waals surface area (Å²) >= 11 is 0. The highest BCUT2D eigenvalue weighted by Crippen LogP contribution is 2.24. The topological polar surface area (TPSA) is 81.4 Å². The number of ether oxygens (including phenoxy) is 1. The second-order valence-corrected chi connectivity index (χ2v) is 5.52. The lowest BCUT2D eigenvalue weighted by Crippen LogP contribution is -2.30. The highest BCUT2D eigenvalue weighted by molar-refractivity contribution is 5.95. The number of halogens is 2. The number of carbonyl (C=O) groups is 2. The van der Waals surface area contributed by atoms with Gasteiger partial charge in [0.05, 0.1) is 5.56 Å². The monoisotopic (exact) mass is 372 g/mol. The molecule has 3 rings (SSSR count). The summed E-state index contributed by atoms with van der Waals surface area (Å²) < 4.78 is 36.6. The van der Waals surface area contributed by atoms with Crippen molar-refractivity contribution >= 4 is 11.9 Å². The van der Waals surface area contributed by atoms with E-state index in [1.54, 1.807) is 30.3 Å². The van der Waals surface area contributed by atoms with Crippen molar-refractivity contribution < 1.29 is 27.6 Å². The number of carbonyl (C=O) groups excluding carboxylic acids is 2. The van der Waals surface area contributed by atoms with Crippen molar-refractivity contribution in [3.8, 4) is 11.3 Å². The molecule has 0 radical (unpaired) electrons. The van der Waals surface area contributed by atoms with Crippen LogP contribution >= 0.6 is 0 Å². The Morgan fingerprint density at radius 1 is 1.07 bits per heavy atom. The molecule has 0 aliphatic heterocycles. The minimum absolute atomic E-state index is 0.0385. The normalized spacial score (nSPS) is 10.4. The number of esters is 1. The Bertz CT molecular complexity index is 957. The van der Waals surface area contributed by atoms with E-state index in [-0.39, 0.29) is 30.2 Å². The van der Waals surface area contributed by atoms with E-state index in [4.69, 9.17) is 9.26 Å². The lowest BCUT2D eigenvalue weighted by atomic mass is 10.1. The van der Waals surface area contributed by atoms with E-state index >= 15 is 0 Å². The Labute approximate surface area is 152 Å². The number of rotatable bonds is 6. The van der Waals surface area contributed by atoms with Crippen LogP contribution in [-0.4, -0.2) is 23.6 Å². The van der Waals surface area contributed by atoms with Crippen molar-refractivity contribution in [2.75, 3.05) is 6.54 Å². The first-order chi connectivity index (χ1) is 13.0. The molecule has 6 nitrogen and oxygen atoms in total.